The topological polar surface area (TPSA) is 72.6 Å². The molecule has 1 atom stereocenters. The molecule has 1 aromatic carbocycles. The van der Waals surface area contributed by atoms with Gasteiger partial charge in [0.2, 0.25) is 5.91 Å². The van der Waals surface area contributed by atoms with Crippen LogP contribution >= 0.6 is 0 Å². The molecule has 0 aliphatic rings. The fraction of sp³-hybridized carbons (Fsp3) is 0.467. The number of methoxy groups -OCH3 is 1. The van der Waals surface area contributed by atoms with Crippen molar-refractivity contribution in [3.63, 3.8) is 0 Å². The first-order valence-corrected chi connectivity index (χ1v) is 6.66. The number of amides is 1. The molecule has 1 rings (SSSR count). The van der Waals surface area contributed by atoms with Crippen LogP contribution in [0.3, 0.4) is 0 Å². The van der Waals surface area contributed by atoms with Gasteiger partial charge in [-0.15, -0.1) is 0 Å². The van der Waals surface area contributed by atoms with Gasteiger partial charge in [0.05, 0.1) is 13.0 Å². The second-order valence-electron chi connectivity index (χ2n) is 4.81. The Hall–Kier alpha value is -1.88. The van der Waals surface area contributed by atoms with Crippen LogP contribution in [0.1, 0.15) is 29.8 Å². The number of primary amides is 1. The van der Waals surface area contributed by atoms with Crippen molar-refractivity contribution in [2.24, 2.45) is 11.7 Å². The molecule has 110 valence electrons. The van der Waals surface area contributed by atoms with E-state index in [4.69, 9.17) is 10.5 Å². The van der Waals surface area contributed by atoms with Gasteiger partial charge in [0.15, 0.2) is 0 Å². The highest BCUT2D eigenvalue weighted by atomic mass is 16.5. The van der Waals surface area contributed by atoms with Gasteiger partial charge in [-0.05, 0) is 24.2 Å². The van der Waals surface area contributed by atoms with Crippen molar-refractivity contribution < 1.29 is 14.3 Å². The smallest absolute Gasteiger partial charge is 0.309 e. The Bertz CT molecular complexity index is 457. The first-order chi connectivity index (χ1) is 9.47. The van der Waals surface area contributed by atoms with Gasteiger partial charge in [0.1, 0.15) is 0 Å². The van der Waals surface area contributed by atoms with E-state index >= 15 is 0 Å². The molecule has 5 nitrogen and oxygen atoms in total. The van der Waals surface area contributed by atoms with Crippen LogP contribution in [0.5, 0.6) is 0 Å². The lowest BCUT2D eigenvalue weighted by Crippen LogP contribution is -2.32. The van der Waals surface area contributed by atoms with E-state index in [2.05, 4.69) is 4.90 Å². The van der Waals surface area contributed by atoms with Crippen molar-refractivity contribution in [1.82, 2.24) is 4.90 Å². The average molecular weight is 278 g/mol. The molecular formula is C15H22N2O3. The number of benzene rings is 1. The van der Waals surface area contributed by atoms with Crippen LogP contribution in [0.15, 0.2) is 24.3 Å². The Balaban J connectivity index is 2.64. The molecule has 1 amide bonds. The van der Waals surface area contributed by atoms with Gasteiger partial charge >= 0.3 is 5.97 Å². The molecule has 0 fully saturated rings. The molecular weight excluding hydrogens is 256 g/mol. The lowest BCUT2D eigenvalue weighted by atomic mass is 10.1. The number of nitrogens with zero attached hydrogens (tertiary/aromatic N) is 1. The summed E-state index contributed by atoms with van der Waals surface area (Å²) < 4.78 is 4.73. The van der Waals surface area contributed by atoms with Gasteiger partial charge in [-0.3, -0.25) is 14.5 Å². The third-order valence-corrected chi connectivity index (χ3v) is 3.23. The van der Waals surface area contributed by atoms with Crippen LogP contribution in [0.25, 0.3) is 0 Å². The lowest BCUT2D eigenvalue weighted by Gasteiger charge is -2.23. The number of nitrogens with two attached hydrogens (primary N) is 1. The highest BCUT2D eigenvalue weighted by molar-refractivity contribution is 5.92. The monoisotopic (exact) mass is 278 g/mol. The normalized spacial score (nSPS) is 12.2. The summed E-state index contributed by atoms with van der Waals surface area (Å²) in [4.78, 5) is 24.6. The molecule has 0 aliphatic carbocycles. The first kappa shape index (κ1) is 16.2. The predicted molar refractivity (Wildman–Crippen MR) is 77.1 cm³/mol. The Morgan fingerprint density at radius 3 is 2.35 bits per heavy atom. The second-order valence-corrected chi connectivity index (χ2v) is 4.81. The van der Waals surface area contributed by atoms with Gasteiger partial charge in [0.25, 0.3) is 0 Å². The Morgan fingerprint density at radius 1 is 1.30 bits per heavy atom. The summed E-state index contributed by atoms with van der Waals surface area (Å²) in [6.45, 7) is 6.09. The summed E-state index contributed by atoms with van der Waals surface area (Å²) in [6, 6.07) is 7.20. The van der Waals surface area contributed by atoms with E-state index in [0.29, 0.717) is 12.1 Å². The summed E-state index contributed by atoms with van der Waals surface area (Å²) in [5.41, 5.74) is 6.78. The number of rotatable bonds is 7. The molecule has 0 aliphatic heterocycles. The number of hydrogen-bond donors (Lipinski definition) is 1. The number of carbonyl (C=O) groups is 2. The van der Waals surface area contributed by atoms with E-state index in [-0.39, 0.29) is 11.9 Å². The minimum atomic E-state index is -0.428. The zero-order chi connectivity index (χ0) is 15.1. The van der Waals surface area contributed by atoms with Crippen LogP contribution < -0.4 is 5.73 Å². The van der Waals surface area contributed by atoms with Crippen molar-refractivity contribution in [3.05, 3.63) is 35.4 Å². The predicted octanol–water partition coefficient (Wildman–Crippen LogP) is 1.42. The van der Waals surface area contributed by atoms with E-state index in [1.54, 1.807) is 12.1 Å². The van der Waals surface area contributed by atoms with Crippen LogP contribution in [0.2, 0.25) is 0 Å². The van der Waals surface area contributed by atoms with E-state index in [0.717, 1.165) is 18.7 Å². The molecule has 2 N–H and O–H groups in total. The fourth-order valence-electron chi connectivity index (χ4n) is 2.00. The first-order valence-electron chi connectivity index (χ1n) is 6.66. The lowest BCUT2D eigenvalue weighted by molar-refractivity contribution is -0.145. The second kappa shape index (κ2) is 7.65. The Morgan fingerprint density at radius 2 is 1.90 bits per heavy atom. The van der Waals surface area contributed by atoms with E-state index < -0.39 is 5.91 Å². The average Bonchev–Trinajstić information content (AvgIpc) is 2.45. The van der Waals surface area contributed by atoms with E-state index in [1.807, 2.05) is 26.0 Å². The zero-order valence-corrected chi connectivity index (χ0v) is 12.3. The van der Waals surface area contributed by atoms with Crippen molar-refractivity contribution in [2.75, 3.05) is 20.2 Å². The summed E-state index contributed by atoms with van der Waals surface area (Å²) in [7, 11) is 1.40. The van der Waals surface area contributed by atoms with Crippen molar-refractivity contribution in [3.8, 4) is 0 Å². The van der Waals surface area contributed by atoms with Crippen LogP contribution in [-0.4, -0.2) is 37.0 Å². The molecule has 0 saturated carbocycles. The Kier molecular flexibility index (Phi) is 6.18. The highest BCUT2D eigenvalue weighted by Gasteiger charge is 2.16. The van der Waals surface area contributed by atoms with Gasteiger partial charge in [-0.25, -0.2) is 0 Å². The molecule has 0 spiro atoms. The summed E-state index contributed by atoms with van der Waals surface area (Å²) in [6.07, 6.45) is 0. The van der Waals surface area contributed by atoms with Crippen molar-refractivity contribution in [1.29, 1.82) is 0 Å². The number of esters is 1. The summed E-state index contributed by atoms with van der Waals surface area (Å²) in [5.74, 6) is -0.791. The number of carbonyl (C=O) groups excluding carboxylic acids is 2. The molecule has 0 unspecified atom stereocenters. The third kappa shape index (κ3) is 4.66. The van der Waals surface area contributed by atoms with Crippen LogP contribution in [-0.2, 0) is 16.1 Å². The van der Waals surface area contributed by atoms with Gasteiger partial charge in [-0.1, -0.05) is 26.0 Å². The van der Waals surface area contributed by atoms with Crippen LogP contribution in [0, 0.1) is 5.92 Å². The quantitative estimate of drug-likeness (QED) is 0.766. The molecule has 0 saturated heterocycles. The van der Waals surface area contributed by atoms with Gasteiger partial charge in [-0.2, -0.15) is 0 Å². The SMILES string of the molecule is CCN(Cc1ccc(C(N)=O)cc1)C[C@@H](C)C(=O)OC. The molecule has 0 aromatic heterocycles. The number of ether oxygens (including phenoxy) is 1. The largest absolute Gasteiger partial charge is 0.469 e. The van der Waals surface area contributed by atoms with E-state index in [9.17, 15) is 9.59 Å². The number of hydrogen-bond acceptors (Lipinski definition) is 4. The van der Waals surface area contributed by atoms with Gasteiger partial charge in [0, 0.05) is 18.7 Å². The molecule has 0 radical (unpaired) electrons. The molecule has 20 heavy (non-hydrogen) atoms. The van der Waals surface area contributed by atoms with Crippen LogP contribution in [0.4, 0.5) is 0 Å². The maximum Gasteiger partial charge on any atom is 0.309 e. The maximum absolute atomic E-state index is 11.4. The fourth-order valence-corrected chi connectivity index (χ4v) is 2.00. The minimum absolute atomic E-state index is 0.162. The summed E-state index contributed by atoms with van der Waals surface area (Å²) >= 11 is 0. The molecule has 0 bridgehead atoms. The third-order valence-electron chi connectivity index (χ3n) is 3.23. The molecule has 1 aromatic rings. The van der Waals surface area contributed by atoms with Gasteiger partial charge < -0.3 is 10.5 Å². The zero-order valence-electron chi connectivity index (χ0n) is 12.3. The van der Waals surface area contributed by atoms with E-state index in [1.165, 1.54) is 7.11 Å². The Labute approximate surface area is 119 Å². The van der Waals surface area contributed by atoms with Crippen molar-refractivity contribution >= 4 is 11.9 Å². The summed E-state index contributed by atoms with van der Waals surface area (Å²) in [5, 5.41) is 0. The molecule has 0 heterocycles. The standard InChI is InChI=1S/C15H22N2O3/c1-4-17(9-11(2)15(19)20-3)10-12-5-7-13(8-6-12)14(16)18/h5-8,11H,4,9-10H2,1-3H3,(H2,16,18)/t11-/m1/s1. The maximum atomic E-state index is 11.4. The molecule has 5 heteroatoms. The van der Waals surface area contributed by atoms with Crippen molar-refractivity contribution in [2.45, 2.75) is 20.4 Å². The minimum Gasteiger partial charge on any atom is -0.469 e. The highest BCUT2D eigenvalue weighted by Crippen LogP contribution is 2.10.